The second-order valence-electron chi connectivity index (χ2n) is 5.90. The number of hydrogen-bond donors (Lipinski definition) is 2. The van der Waals surface area contributed by atoms with Crippen molar-refractivity contribution in [3.8, 4) is 0 Å². The minimum Gasteiger partial charge on any atom is -0.340 e. The number of carbonyl (C=O) groups excluding carboxylic acids is 2. The number of rotatable bonds is 4. The summed E-state index contributed by atoms with van der Waals surface area (Å²) in [5.41, 5.74) is -0.447. The zero-order chi connectivity index (χ0) is 17.3. The van der Waals surface area contributed by atoms with E-state index in [9.17, 15) is 14.0 Å². The summed E-state index contributed by atoms with van der Waals surface area (Å²) in [4.78, 5) is 27.9. The maximum absolute atomic E-state index is 13.7. The monoisotopic (exact) mass is 332 g/mol. The van der Waals surface area contributed by atoms with E-state index < -0.39 is 17.3 Å². The molecule has 7 nitrogen and oxygen atoms in total. The average Bonchev–Trinajstić information content (AvgIpc) is 2.91. The van der Waals surface area contributed by atoms with Crippen LogP contribution in [-0.2, 0) is 10.3 Å². The smallest absolute Gasteiger partial charge is 0.252 e. The third-order valence-electron chi connectivity index (χ3n) is 4.05. The number of aryl methyl sites for hydroxylation is 1. The van der Waals surface area contributed by atoms with Crippen LogP contribution in [0.3, 0.4) is 0 Å². The van der Waals surface area contributed by atoms with Crippen LogP contribution in [0.2, 0.25) is 0 Å². The standard InChI is InChI=1S/C16H17FN4O3/c1-9(22)18-13-8-11(4-5-12(13)17)14(23)20-16(6-3-7-16)15-19-10(2)24-21-15/h4-5,8H,3,6-7H2,1-2H3,(H,18,22)(H,20,23). The molecule has 1 aromatic heterocycles. The molecule has 8 heteroatoms. The summed E-state index contributed by atoms with van der Waals surface area (Å²) in [6.07, 6.45) is 2.35. The Hall–Kier alpha value is -2.77. The Labute approximate surface area is 137 Å². The van der Waals surface area contributed by atoms with Crippen LogP contribution < -0.4 is 10.6 Å². The zero-order valence-electron chi connectivity index (χ0n) is 13.4. The van der Waals surface area contributed by atoms with Crippen molar-refractivity contribution in [3.05, 3.63) is 41.3 Å². The number of aromatic nitrogens is 2. The van der Waals surface area contributed by atoms with Gasteiger partial charge < -0.3 is 15.2 Å². The Morgan fingerprint density at radius 1 is 1.33 bits per heavy atom. The summed E-state index contributed by atoms with van der Waals surface area (Å²) in [5, 5.41) is 9.19. The number of amides is 2. The van der Waals surface area contributed by atoms with Crippen molar-refractivity contribution in [3.63, 3.8) is 0 Å². The highest BCUT2D eigenvalue weighted by molar-refractivity contribution is 5.97. The SMILES string of the molecule is CC(=O)Nc1cc(C(=O)NC2(c3noc(C)n3)CCC2)ccc1F. The van der Waals surface area contributed by atoms with Gasteiger partial charge in [0, 0.05) is 19.4 Å². The van der Waals surface area contributed by atoms with Gasteiger partial charge in [-0.2, -0.15) is 4.98 Å². The van der Waals surface area contributed by atoms with E-state index in [0.29, 0.717) is 24.6 Å². The number of benzene rings is 1. The van der Waals surface area contributed by atoms with Crippen LogP contribution in [0.25, 0.3) is 0 Å². The molecule has 1 heterocycles. The molecule has 0 bridgehead atoms. The first-order valence-electron chi connectivity index (χ1n) is 7.60. The molecule has 2 N–H and O–H groups in total. The average molecular weight is 332 g/mol. The summed E-state index contributed by atoms with van der Waals surface area (Å²) in [6.45, 7) is 2.96. The lowest BCUT2D eigenvalue weighted by atomic mass is 9.76. The molecule has 0 saturated heterocycles. The van der Waals surface area contributed by atoms with Crippen LogP contribution in [0.1, 0.15) is 48.3 Å². The second kappa shape index (κ2) is 6.03. The number of nitrogens with one attached hydrogen (secondary N) is 2. The van der Waals surface area contributed by atoms with E-state index >= 15 is 0 Å². The fraction of sp³-hybridized carbons (Fsp3) is 0.375. The Bertz CT molecular complexity index is 798. The molecule has 0 atom stereocenters. The molecular formula is C16H17FN4O3. The van der Waals surface area contributed by atoms with Gasteiger partial charge in [-0.05, 0) is 37.5 Å². The van der Waals surface area contributed by atoms with E-state index in [1.165, 1.54) is 19.1 Å². The van der Waals surface area contributed by atoms with E-state index in [2.05, 4.69) is 20.8 Å². The Morgan fingerprint density at radius 2 is 2.08 bits per heavy atom. The molecule has 3 rings (SSSR count). The van der Waals surface area contributed by atoms with Crippen molar-refractivity contribution < 1.29 is 18.5 Å². The molecule has 2 amide bonds. The van der Waals surface area contributed by atoms with Gasteiger partial charge in [-0.25, -0.2) is 4.39 Å². The fourth-order valence-electron chi connectivity index (χ4n) is 2.67. The lowest BCUT2D eigenvalue weighted by molar-refractivity contribution is -0.114. The molecular weight excluding hydrogens is 315 g/mol. The van der Waals surface area contributed by atoms with Crippen molar-refractivity contribution >= 4 is 17.5 Å². The second-order valence-corrected chi connectivity index (χ2v) is 5.90. The van der Waals surface area contributed by atoms with Gasteiger partial charge >= 0.3 is 0 Å². The van der Waals surface area contributed by atoms with E-state index in [4.69, 9.17) is 4.52 Å². The van der Waals surface area contributed by atoms with Crippen molar-refractivity contribution in [2.24, 2.45) is 0 Å². The number of hydrogen-bond acceptors (Lipinski definition) is 5. The lowest BCUT2D eigenvalue weighted by Gasteiger charge is -2.39. The molecule has 1 saturated carbocycles. The number of nitrogens with zero attached hydrogens (tertiary/aromatic N) is 2. The molecule has 1 aromatic carbocycles. The van der Waals surface area contributed by atoms with Crippen molar-refractivity contribution in [2.75, 3.05) is 5.32 Å². The van der Waals surface area contributed by atoms with Crippen molar-refractivity contribution in [1.29, 1.82) is 0 Å². The van der Waals surface area contributed by atoms with E-state index in [1.807, 2.05) is 0 Å². The summed E-state index contributed by atoms with van der Waals surface area (Å²) in [6, 6.07) is 3.82. The van der Waals surface area contributed by atoms with Gasteiger partial charge in [0.25, 0.3) is 5.91 Å². The van der Waals surface area contributed by atoms with Gasteiger partial charge in [0.05, 0.1) is 5.69 Å². The largest absolute Gasteiger partial charge is 0.340 e. The predicted octanol–water partition coefficient (Wildman–Crippen LogP) is 2.28. The van der Waals surface area contributed by atoms with E-state index in [0.717, 1.165) is 12.5 Å². The predicted molar refractivity (Wildman–Crippen MR) is 82.7 cm³/mol. The third kappa shape index (κ3) is 2.99. The maximum Gasteiger partial charge on any atom is 0.252 e. The molecule has 2 aromatic rings. The Kier molecular flexibility index (Phi) is 4.04. The van der Waals surface area contributed by atoms with Crippen LogP contribution in [0.15, 0.2) is 22.7 Å². The van der Waals surface area contributed by atoms with Crippen LogP contribution in [0.5, 0.6) is 0 Å². The molecule has 1 fully saturated rings. The van der Waals surface area contributed by atoms with Crippen LogP contribution >= 0.6 is 0 Å². The van der Waals surface area contributed by atoms with Gasteiger partial charge in [-0.3, -0.25) is 9.59 Å². The quantitative estimate of drug-likeness (QED) is 0.895. The minimum absolute atomic E-state index is 0.0341. The van der Waals surface area contributed by atoms with Gasteiger partial charge in [0.2, 0.25) is 11.8 Å². The molecule has 0 unspecified atom stereocenters. The Balaban J connectivity index is 1.83. The maximum atomic E-state index is 13.7. The lowest BCUT2D eigenvalue weighted by Crippen LogP contribution is -2.51. The minimum atomic E-state index is -0.655. The van der Waals surface area contributed by atoms with E-state index in [-0.39, 0.29) is 17.2 Å². The molecule has 1 aliphatic carbocycles. The van der Waals surface area contributed by atoms with Crippen molar-refractivity contribution in [1.82, 2.24) is 15.5 Å². The summed E-state index contributed by atoms with van der Waals surface area (Å²) < 4.78 is 18.7. The first kappa shape index (κ1) is 16.1. The first-order valence-corrected chi connectivity index (χ1v) is 7.60. The topological polar surface area (TPSA) is 97.1 Å². The van der Waals surface area contributed by atoms with Crippen LogP contribution in [-0.4, -0.2) is 22.0 Å². The number of halogens is 1. The van der Waals surface area contributed by atoms with Crippen LogP contribution in [0, 0.1) is 12.7 Å². The molecule has 0 spiro atoms. The normalized spacial score (nSPS) is 15.5. The van der Waals surface area contributed by atoms with Gasteiger partial charge in [0.15, 0.2) is 5.82 Å². The Morgan fingerprint density at radius 3 is 2.62 bits per heavy atom. The molecule has 0 radical (unpaired) electrons. The number of carbonyl (C=O) groups is 2. The summed E-state index contributed by atoms with van der Waals surface area (Å²) in [7, 11) is 0. The molecule has 0 aliphatic heterocycles. The van der Waals surface area contributed by atoms with E-state index in [1.54, 1.807) is 6.92 Å². The fourth-order valence-corrected chi connectivity index (χ4v) is 2.67. The zero-order valence-corrected chi connectivity index (χ0v) is 13.4. The highest BCUT2D eigenvalue weighted by atomic mass is 19.1. The molecule has 126 valence electrons. The summed E-state index contributed by atoms with van der Waals surface area (Å²) in [5.74, 6) is -0.522. The highest BCUT2D eigenvalue weighted by Gasteiger charge is 2.44. The first-order chi connectivity index (χ1) is 11.4. The highest BCUT2D eigenvalue weighted by Crippen LogP contribution is 2.40. The van der Waals surface area contributed by atoms with Gasteiger partial charge in [-0.15, -0.1) is 0 Å². The van der Waals surface area contributed by atoms with Gasteiger partial charge in [-0.1, -0.05) is 5.16 Å². The summed E-state index contributed by atoms with van der Waals surface area (Å²) >= 11 is 0. The van der Waals surface area contributed by atoms with Crippen LogP contribution in [0.4, 0.5) is 10.1 Å². The number of anilines is 1. The molecule has 1 aliphatic rings. The third-order valence-corrected chi connectivity index (χ3v) is 4.05. The van der Waals surface area contributed by atoms with Crippen molar-refractivity contribution in [2.45, 2.75) is 38.6 Å². The molecule has 24 heavy (non-hydrogen) atoms. The van der Waals surface area contributed by atoms with Gasteiger partial charge in [0.1, 0.15) is 11.4 Å².